The second-order valence-corrected chi connectivity index (χ2v) is 8.28. The number of aromatic nitrogens is 4. The Labute approximate surface area is 181 Å². The Hall–Kier alpha value is -3.22. The zero-order chi connectivity index (χ0) is 21.8. The van der Waals surface area contributed by atoms with E-state index < -0.39 is 12.0 Å². The lowest BCUT2D eigenvalue weighted by atomic mass is 9.95. The van der Waals surface area contributed by atoms with Gasteiger partial charge in [-0.3, -0.25) is 19.3 Å². The fourth-order valence-electron chi connectivity index (χ4n) is 4.24. The van der Waals surface area contributed by atoms with Crippen LogP contribution in [0.25, 0.3) is 0 Å². The van der Waals surface area contributed by atoms with Gasteiger partial charge in [0.05, 0.1) is 18.2 Å². The van der Waals surface area contributed by atoms with Crippen molar-refractivity contribution in [2.45, 2.75) is 57.4 Å². The average molecular weight is 421 g/mol. The Morgan fingerprint density at radius 2 is 1.90 bits per heavy atom. The minimum atomic E-state index is -0.908. The second kappa shape index (κ2) is 9.29. The van der Waals surface area contributed by atoms with Crippen molar-refractivity contribution in [2.75, 3.05) is 0 Å². The fraction of sp³-hybridized carbons (Fsp3) is 0.417. The van der Waals surface area contributed by atoms with Crippen molar-refractivity contribution < 1.29 is 9.90 Å². The lowest BCUT2D eigenvalue weighted by Gasteiger charge is -2.17. The highest BCUT2D eigenvalue weighted by molar-refractivity contribution is 5.68. The SMILES string of the molecule is Cn1cc([C@H](CC(=O)O)n2ccc(CCCc3ccc4c(n3)CCCC4)n2)ccc1=O. The zero-order valence-corrected chi connectivity index (χ0v) is 17.8. The van der Waals surface area contributed by atoms with Crippen LogP contribution < -0.4 is 5.56 Å². The van der Waals surface area contributed by atoms with E-state index in [0.717, 1.165) is 49.1 Å². The minimum absolute atomic E-state index is 0.0988. The molecule has 7 heteroatoms. The molecule has 1 aliphatic rings. The molecular formula is C24H28N4O3. The number of aliphatic carboxylic acids is 1. The highest BCUT2D eigenvalue weighted by Gasteiger charge is 2.19. The molecule has 1 N–H and O–H groups in total. The summed E-state index contributed by atoms with van der Waals surface area (Å²) < 4.78 is 3.15. The number of nitrogens with zero attached hydrogens (tertiary/aromatic N) is 4. The summed E-state index contributed by atoms with van der Waals surface area (Å²) in [6.45, 7) is 0. The van der Waals surface area contributed by atoms with Gasteiger partial charge in [0.15, 0.2) is 0 Å². The summed E-state index contributed by atoms with van der Waals surface area (Å²) in [4.78, 5) is 28.0. The summed E-state index contributed by atoms with van der Waals surface area (Å²) in [6.07, 6.45) is 10.8. The molecular weight excluding hydrogens is 392 g/mol. The van der Waals surface area contributed by atoms with Crippen LogP contribution in [0.3, 0.4) is 0 Å². The molecule has 0 bridgehead atoms. The van der Waals surface area contributed by atoms with Crippen LogP contribution in [0, 0.1) is 0 Å². The quantitative estimate of drug-likeness (QED) is 0.605. The van der Waals surface area contributed by atoms with E-state index in [0.29, 0.717) is 0 Å². The number of pyridine rings is 2. The second-order valence-electron chi connectivity index (χ2n) is 8.28. The van der Waals surface area contributed by atoms with Crippen LogP contribution >= 0.6 is 0 Å². The highest BCUT2D eigenvalue weighted by atomic mass is 16.4. The van der Waals surface area contributed by atoms with Gasteiger partial charge in [-0.1, -0.05) is 6.07 Å². The van der Waals surface area contributed by atoms with Crippen LogP contribution in [0.1, 0.15) is 59.9 Å². The van der Waals surface area contributed by atoms with Gasteiger partial charge in [-0.15, -0.1) is 0 Å². The number of carbonyl (C=O) groups is 1. The number of carboxylic acids is 1. The van der Waals surface area contributed by atoms with Crippen molar-refractivity contribution in [2.24, 2.45) is 7.05 Å². The van der Waals surface area contributed by atoms with E-state index in [1.54, 1.807) is 24.0 Å². The molecule has 31 heavy (non-hydrogen) atoms. The summed E-state index contributed by atoms with van der Waals surface area (Å²) in [5.41, 5.74) is 5.35. The predicted octanol–water partition coefficient (Wildman–Crippen LogP) is 3.10. The third-order valence-electron chi connectivity index (χ3n) is 5.95. The molecule has 7 nitrogen and oxygen atoms in total. The van der Waals surface area contributed by atoms with Crippen LogP contribution in [0.5, 0.6) is 0 Å². The zero-order valence-electron chi connectivity index (χ0n) is 17.8. The summed E-state index contributed by atoms with van der Waals surface area (Å²) in [5.74, 6) is -0.908. The first-order valence-electron chi connectivity index (χ1n) is 10.9. The van der Waals surface area contributed by atoms with Crippen molar-refractivity contribution in [1.82, 2.24) is 19.3 Å². The molecule has 0 saturated carbocycles. The normalized spacial score (nSPS) is 14.2. The molecule has 0 amide bonds. The maximum atomic E-state index is 11.7. The van der Waals surface area contributed by atoms with Crippen LogP contribution in [-0.4, -0.2) is 30.4 Å². The van der Waals surface area contributed by atoms with Gasteiger partial charge in [0.1, 0.15) is 0 Å². The third-order valence-corrected chi connectivity index (χ3v) is 5.95. The highest BCUT2D eigenvalue weighted by Crippen LogP contribution is 2.22. The molecule has 0 radical (unpaired) electrons. The van der Waals surface area contributed by atoms with E-state index in [1.165, 1.54) is 34.7 Å². The summed E-state index contributed by atoms with van der Waals surface area (Å²) in [6, 6.07) is 9.00. The minimum Gasteiger partial charge on any atom is -0.481 e. The van der Waals surface area contributed by atoms with Gasteiger partial charge in [0.2, 0.25) is 5.56 Å². The Morgan fingerprint density at radius 3 is 2.71 bits per heavy atom. The summed E-state index contributed by atoms with van der Waals surface area (Å²) in [7, 11) is 1.66. The van der Waals surface area contributed by atoms with E-state index in [-0.39, 0.29) is 12.0 Å². The van der Waals surface area contributed by atoms with Crippen LogP contribution in [-0.2, 0) is 37.5 Å². The number of carboxylic acid groups (broad SMARTS) is 1. The van der Waals surface area contributed by atoms with Crippen molar-refractivity contribution in [3.05, 3.63) is 81.3 Å². The van der Waals surface area contributed by atoms with Crippen molar-refractivity contribution in [3.63, 3.8) is 0 Å². The first kappa shape index (κ1) is 21.0. The van der Waals surface area contributed by atoms with Gasteiger partial charge in [-0.05, 0) is 74.3 Å². The van der Waals surface area contributed by atoms with Gasteiger partial charge in [0, 0.05) is 36.9 Å². The molecule has 0 unspecified atom stereocenters. The number of hydrogen-bond acceptors (Lipinski definition) is 4. The topological polar surface area (TPSA) is 90.0 Å². The molecule has 0 spiro atoms. The van der Waals surface area contributed by atoms with Crippen molar-refractivity contribution >= 4 is 5.97 Å². The van der Waals surface area contributed by atoms with Gasteiger partial charge in [-0.2, -0.15) is 5.10 Å². The van der Waals surface area contributed by atoms with E-state index in [1.807, 2.05) is 12.3 Å². The standard InChI is InChI=1S/C24H28N4O3/c1-27-16-18(10-12-23(27)29)22(15-24(30)31)28-14-13-20(26-28)7-4-6-19-11-9-17-5-2-3-8-21(17)25-19/h9-14,16,22H,2-8,15H2,1H3,(H,30,31)/t22-/m0/s1. The first-order chi connectivity index (χ1) is 15.0. The first-order valence-corrected chi connectivity index (χ1v) is 10.9. The summed E-state index contributed by atoms with van der Waals surface area (Å²) >= 11 is 0. The largest absolute Gasteiger partial charge is 0.481 e. The Bertz CT molecular complexity index is 1130. The van der Waals surface area contributed by atoms with E-state index in [9.17, 15) is 14.7 Å². The van der Waals surface area contributed by atoms with Crippen LogP contribution in [0.4, 0.5) is 0 Å². The Kier molecular flexibility index (Phi) is 6.30. The predicted molar refractivity (Wildman–Crippen MR) is 117 cm³/mol. The molecule has 3 aromatic heterocycles. The monoisotopic (exact) mass is 420 g/mol. The van der Waals surface area contributed by atoms with Gasteiger partial charge in [-0.25, -0.2) is 0 Å². The fourth-order valence-corrected chi connectivity index (χ4v) is 4.24. The van der Waals surface area contributed by atoms with Crippen LogP contribution in [0.15, 0.2) is 47.5 Å². The molecule has 3 heterocycles. The summed E-state index contributed by atoms with van der Waals surface area (Å²) in [5, 5.41) is 14.0. The molecule has 4 rings (SSSR count). The Balaban J connectivity index is 1.42. The van der Waals surface area contributed by atoms with E-state index in [2.05, 4.69) is 17.2 Å². The molecule has 1 atom stereocenters. The molecule has 1 aliphatic carbocycles. The smallest absolute Gasteiger partial charge is 0.305 e. The maximum Gasteiger partial charge on any atom is 0.305 e. The van der Waals surface area contributed by atoms with Crippen molar-refractivity contribution in [1.29, 1.82) is 0 Å². The average Bonchev–Trinajstić information content (AvgIpc) is 3.22. The molecule has 0 fully saturated rings. The molecule has 3 aromatic rings. The van der Waals surface area contributed by atoms with Gasteiger partial charge < -0.3 is 9.67 Å². The Morgan fingerprint density at radius 1 is 1.10 bits per heavy atom. The number of aryl methyl sites for hydroxylation is 5. The lowest BCUT2D eigenvalue weighted by Crippen LogP contribution is -2.20. The molecule has 0 aromatic carbocycles. The maximum absolute atomic E-state index is 11.7. The van der Waals surface area contributed by atoms with E-state index in [4.69, 9.17) is 4.98 Å². The van der Waals surface area contributed by atoms with Gasteiger partial charge >= 0.3 is 5.97 Å². The van der Waals surface area contributed by atoms with Crippen molar-refractivity contribution in [3.8, 4) is 0 Å². The third kappa shape index (κ3) is 5.10. The molecule has 0 aliphatic heterocycles. The molecule has 0 saturated heterocycles. The lowest BCUT2D eigenvalue weighted by molar-refractivity contribution is -0.137. The number of fused-ring (bicyclic) bond motifs is 1. The van der Waals surface area contributed by atoms with E-state index >= 15 is 0 Å². The number of hydrogen-bond donors (Lipinski definition) is 1. The van der Waals surface area contributed by atoms with Gasteiger partial charge in [0.25, 0.3) is 0 Å². The molecule has 162 valence electrons. The number of rotatable bonds is 8. The van der Waals surface area contributed by atoms with Crippen LogP contribution in [0.2, 0.25) is 0 Å².